The summed E-state index contributed by atoms with van der Waals surface area (Å²) in [6.07, 6.45) is 0.956. The first-order valence-corrected chi connectivity index (χ1v) is 7.00. The summed E-state index contributed by atoms with van der Waals surface area (Å²) in [5.41, 5.74) is 0.605. The largest absolute Gasteiger partial charge is 0.325 e. The number of carbonyl (C=O) groups excluding carboxylic acids is 1. The van der Waals surface area contributed by atoms with Crippen molar-refractivity contribution in [1.29, 1.82) is 0 Å². The van der Waals surface area contributed by atoms with Gasteiger partial charge in [0.05, 0.1) is 6.04 Å². The number of hydrogen-bond donors (Lipinski definition) is 2. The van der Waals surface area contributed by atoms with Crippen LogP contribution in [0.15, 0.2) is 29.2 Å². The lowest BCUT2D eigenvalue weighted by atomic mass is 10.2. The fourth-order valence-electron chi connectivity index (χ4n) is 1.42. The molecule has 0 aromatic heterocycles. The van der Waals surface area contributed by atoms with Crippen molar-refractivity contribution in [2.75, 3.05) is 11.9 Å². The van der Waals surface area contributed by atoms with E-state index in [1.54, 1.807) is 31.2 Å². The van der Waals surface area contributed by atoms with E-state index in [0.717, 1.165) is 13.0 Å². The van der Waals surface area contributed by atoms with Crippen LogP contribution in [0.1, 0.15) is 20.3 Å². The number of amides is 1. The van der Waals surface area contributed by atoms with Gasteiger partial charge in [-0.25, -0.2) is 0 Å². The van der Waals surface area contributed by atoms with Gasteiger partial charge in [-0.15, -0.1) is 12.4 Å². The van der Waals surface area contributed by atoms with Crippen molar-refractivity contribution in [3.8, 4) is 0 Å². The summed E-state index contributed by atoms with van der Waals surface area (Å²) in [4.78, 5) is 12.3. The first kappa shape index (κ1) is 19.1. The molecule has 0 spiro atoms. The molecule has 7 heteroatoms. The Hall–Kier alpha value is -0.850. The molecule has 1 unspecified atom stereocenters. The van der Waals surface area contributed by atoms with Crippen molar-refractivity contribution in [3.05, 3.63) is 24.3 Å². The molecule has 0 heterocycles. The fourth-order valence-corrected chi connectivity index (χ4v) is 1.92. The highest BCUT2D eigenvalue weighted by Gasteiger charge is 2.11. The average molecular weight is 325 g/mol. The van der Waals surface area contributed by atoms with E-state index in [2.05, 4.69) is 10.6 Å². The van der Waals surface area contributed by atoms with Crippen molar-refractivity contribution in [3.63, 3.8) is 0 Å². The predicted octanol–water partition coefficient (Wildman–Crippen LogP) is 3.75. The minimum Gasteiger partial charge on any atom is -0.325 e. The fraction of sp³-hybridized carbons (Fsp3) is 0.462. The van der Waals surface area contributed by atoms with Crippen LogP contribution in [0.3, 0.4) is 0 Å². The van der Waals surface area contributed by atoms with Gasteiger partial charge in [0.25, 0.3) is 5.76 Å². The second-order valence-corrected chi connectivity index (χ2v) is 5.13. The van der Waals surface area contributed by atoms with Gasteiger partial charge in [0, 0.05) is 10.6 Å². The molecule has 3 nitrogen and oxygen atoms in total. The molecular weight excluding hydrogens is 306 g/mol. The van der Waals surface area contributed by atoms with Gasteiger partial charge in [-0.2, -0.15) is 8.78 Å². The molecule has 2 N–H and O–H groups in total. The normalized spacial score (nSPS) is 11.8. The van der Waals surface area contributed by atoms with Crippen LogP contribution in [-0.2, 0) is 4.79 Å². The van der Waals surface area contributed by atoms with Gasteiger partial charge in [-0.05, 0) is 44.2 Å². The van der Waals surface area contributed by atoms with Crippen LogP contribution in [0, 0.1) is 0 Å². The second-order valence-electron chi connectivity index (χ2n) is 4.07. The molecule has 1 amide bonds. The number of hydrogen-bond acceptors (Lipinski definition) is 3. The number of alkyl halides is 2. The van der Waals surface area contributed by atoms with Crippen molar-refractivity contribution in [1.82, 2.24) is 5.32 Å². The maximum atomic E-state index is 12.1. The minimum atomic E-state index is -2.43. The van der Waals surface area contributed by atoms with Crippen LogP contribution >= 0.6 is 24.2 Å². The van der Waals surface area contributed by atoms with Gasteiger partial charge in [0.2, 0.25) is 5.91 Å². The lowest BCUT2D eigenvalue weighted by Gasteiger charge is -2.13. The summed E-state index contributed by atoms with van der Waals surface area (Å²) in [7, 11) is 0. The highest BCUT2D eigenvalue weighted by molar-refractivity contribution is 7.99. The highest BCUT2D eigenvalue weighted by atomic mass is 35.5. The zero-order valence-corrected chi connectivity index (χ0v) is 13.0. The molecule has 0 fully saturated rings. The molecule has 0 saturated carbocycles. The van der Waals surface area contributed by atoms with E-state index >= 15 is 0 Å². The van der Waals surface area contributed by atoms with E-state index in [0.29, 0.717) is 22.3 Å². The van der Waals surface area contributed by atoms with E-state index in [9.17, 15) is 13.6 Å². The molecule has 1 atom stereocenters. The van der Waals surface area contributed by atoms with E-state index < -0.39 is 5.76 Å². The summed E-state index contributed by atoms with van der Waals surface area (Å²) in [6, 6.07) is 6.09. The quantitative estimate of drug-likeness (QED) is 0.751. The van der Waals surface area contributed by atoms with E-state index in [1.165, 1.54) is 0 Å². The van der Waals surface area contributed by atoms with Crippen molar-refractivity contribution in [2.45, 2.75) is 37.0 Å². The number of carbonyl (C=O) groups is 1. The third-order valence-electron chi connectivity index (χ3n) is 2.44. The lowest BCUT2D eigenvalue weighted by molar-refractivity contribution is -0.117. The van der Waals surface area contributed by atoms with Crippen LogP contribution in [0.5, 0.6) is 0 Å². The van der Waals surface area contributed by atoms with Gasteiger partial charge in [-0.1, -0.05) is 18.7 Å². The van der Waals surface area contributed by atoms with Crippen molar-refractivity contribution < 1.29 is 13.6 Å². The molecule has 0 aliphatic carbocycles. The van der Waals surface area contributed by atoms with Crippen LogP contribution in [0.4, 0.5) is 14.5 Å². The van der Waals surface area contributed by atoms with Crippen LogP contribution in [0.2, 0.25) is 0 Å². The Labute approximate surface area is 128 Å². The smallest absolute Gasteiger partial charge is 0.288 e. The van der Waals surface area contributed by atoms with Gasteiger partial charge in [0.15, 0.2) is 0 Å². The molecule has 1 rings (SSSR count). The van der Waals surface area contributed by atoms with Crippen molar-refractivity contribution in [2.24, 2.45) is 0 Å². The summed E-state index contributed by atoms with van der Waals surface area (Å²) < 4.78 is 24.3. The Bertz CT molecular complexity index is 404. The lowest BCUT2D eigenvalue weighted by Crippen LogP contribution is -2.38. The summed E-state index contributed by atoms with van der Waals surface area (Å²) >= 11 is 0.485. The van der Waals surface area contributed by atoms with Gasteiger partial charge in [0.1, 0.15) is 0 Å². The van der Waals surface area contributed by atoms with Crippen LogP contribution in [-0.4, -0.2) is 24.3 Å². The third kappa shape index (κ3) is 7.07. The summed E-state index contributed by atoms with van der Waals surface area (Å²) in [5, 5.41) is 5.81. The Kier molecular flexibility index (Phi) is 9.54. The minimum absolute atomic E-state index is 0. The number of halogens is 3. The molecule has 0 bridgehead atoms. The molecule has 0 radical (unpaired) electrons. The zero-order valence-electron chi connectivity index (χ0n) is 11.4. The highest BCUT2D eigenvalue weighted by Crippen LogP contribution is 2.26. The standard InChI is InChI=1S/C13H18F2N2OS.ClH/c1-3-8-16-9(2)12(18)17-10-4-6-11(7-5-10)19-13(14)15;/h4-7,9,13,16H,3,8H2,1-2H3,(H,17,18);1H. The van der Waals surface area contributed by atoms with Crippen LogP contribution < -0.4 is 10.6 Å². The molecular formula is C13H19ClF2N2OS. The molecule has 0 aliphatic heterocycles. The Morgan fingerprint density at radius 3 is 2.40 bits per heavy atom. The van der Waals surface area contributed by atoms with Gasteiger partial charge in [-0.3, -0.25) is 4.79 Å². The maximum absolute atomic E-state index is 12.1. The SMILES string of the molecule is CCCNC(C)C(=O)Nc1ccc(SC(F)F)cc1.Cl. The van der Waals surface area contributed by atoms with E-state index in [4.69, 9.17) is 0 Å². The molecule has 0 saturated heterocycles. The number of anilines is 1. The van der Waals surface area contributed by atoms with Crippen LogP contribution in [0.25, 0.3) is 0 Å². The predicted molar refractivity (Wildman–Crippen MR) is 81.9 cm³/mol. The average Bonchev–Trinajstić information content (AvgIpc) is 2.37. The molecule has 114 valence electrons. The third-order valence-corrected chi connectivity index (χ3v) is 3.16. The first-order chi connectivity index (χ1) is 9.02. The van der Waals surface area contributed by atoms with Gasteiger partial charge >= 0.3 is 0 Å². The van der Waals surface area contributed by atoms with Crippen molar-refractivity contribution >= 4 is 35.8 Å². The number of thioether (sulfide) groups is 1. The first-order valence-electron chi connectivity index (χ1n) is 6.12. The molecule has 20 heavy (non-hydrogen) atoms. The summed E-state index contributed by atoms with van der Waals surface area (Å²) in [6.45, 7) is 4.58. The molecule has 0 aliphatic rings. The Balaban J connectivity index is 0.00000361. The molecule has 1 aromatic rings. The Morgan fingerprint density at radius 1 is 1.30 bits per heavy atom. The monoisotopic (exact) mass is 324 g/mol. The van der Waals surface area contributed by atoms with E-state index in [1.807, 2.05) is 6.92 Å². The second kappa shape index (κ2) is 9.96. The number of benzene rings is 1. The zero-order chi connectivity index (χ0) is 14.3. The van der Waals surface area contributed by atoms with Gasteiger partial charge < -0.3 is 10.6 Å². The topological polar surface area (TPSA) is 41.1 Å². The number of nitrogens with one attached hydrogen (secondary N) is 2. The summed E-state index contributed by atoms with van der Waals surface area (Å²) in [5.74, 6) is -2.57. The number of rotatable bonds is 7. The maximum Gasteiger partial charge on any atom is 0.288 e. The Morgan fingerprint density at radius 2 is 1.90 bits per heavy atom. The molecule has 1 aromatic carbocycles. The van der Waals surface area contributed by atoms with E-state index in [-0.39, 0.29) is 24.4 Å².